The van der Waals surface area contributed by atoms with Gasteiger partial charge in [0.2, 0.25) is 0 Å². The average Bonchev–Trinajstić information content (AvgIpc) is 2.17. The minimum atomic E-state index is -1.93. The summed E-state index contributed by atoms with van der Waals surface area (Å²) in [6, 6.07) is 6.98. The quantitative estimate of drug-likeness (QED) is 0.576. The first-order valence-corrected chi connectivity index (χ1v) is 4.83. The summed E-state index contributed by atoms with van der Waals surface area (Å²) in [5.41, 5.74) is 0. The molecular weight excluding hydrogens is 209 g/mol. The fraction of sp³-hybridized carbons (Fsp3) is 0. The summed E-state index contributed by atoms with van der Waals surface area (Å²) in [5, 5.41) is 1.65. The molecule has 68 valence electrons. The Labute approximate surface area is 106 Å². The SMILES string of the molecule is O=S(O)c1cccc2cnccc12.[NaH]. The molecule has 0 saturated carbocycles. The number of fused-ring (bicyclic) bond motifs is 1. The minimum absolute atomic E-state index is 0. The van der Waals surface area contributed by atoms with Gasteiger partial charge in [-0.1, -0.05) is 12.1 Å². The number of pyridine rings is 1. The molecule has 14 heavy (non-hydrogen) atoms. The fourth-order valence-corrected chi connectivity index (χ4v) is 1.81. The molecule has 5 heteroatoms. The summed E-state index contributed by atoms with van der Waals surface area (Å²) in [6.07, 6.45) is 3.28. The second kappa shape index (κ2) is 5.00. The van der Waals surface area contributed by atoms with Gasteiger partial charge in [0.15, 0.2) is 11.1 Å². The first-order chi connectivity index (χ1) is 6.29. The van der Waals surface area contributed by atoms with Crippen LogP contribution in [0.2, 0.25) is 0 Å². The zero-order chi connectivity index (χ0) is 9.26. The molecule has 1 N–H and O–H groups in total. The van der Waals surface area contributed by atoms with Crippen molar-refractivity contribution in [2.45, 2.75) is 4.90 Å². The molecule has 0 aliphatic heterocycles. The molecule has 0 bridgehead atoms. The van der Waals surface area contributed by atoms with Gasteiger partial charge in [-0.05, 0) is 12.1 Å². The molecular formula is C9H8NNaO2S. The monoisotopic (exact) mass is 217 g/mol. The van der Waals surface area contributed by atoms with Crippen LogP contribution >= 0.6 is 0 Å². The van der Waals surface area contributed by atoms with Crippen LogP contribution in [0.15, 0.2) is 41.6 Å². The normalized spacial score (nSPS) is 12.1. The van der Waals surface area contributed by atoms with E-state index in [4.69, 9.17) is 4.55 Å². The zero-order valence-electron chi connectivity index (χ0n) is 6.68. The third-order valence-electron chi connectivity index (χ3n) is 1.83. The summed E-state index contributed by atoms with van der Waals surface area (Å²) in [6.45, 7) is 0. The second-order valence-corrected chi connectivity index (χ2v) is 3.54. The van der Waals surface area contributed by atoms with Gasteiger partial charge in [-0.25, -0.2) is 4.21 Å². The van der Waals surface area contributed by atoms with Crippen molar-refractivity contribution in [1.82, 2.24) is 4.98 Å². The third-order valence-corrected chi connectivity index (χ3v) is 2.56. The predicted octanol–water partition coefficient (Wildman–Crippen LogP) is 1.17. The Morgan fingerprint density at radius 1 is 1.29 bits per heavy atom. The Morgan fingerprint density at radius 3 is 2.79 bits per heavy atom. The van der Waals surface area contributed by atoms with Crippen molar-refractivity contribution in [3.63, 3.8) is 0 Å². The Hall–Kier alpha value is -0.260. The molecule has 1 aromatic carbocycles. The van der Waals surface area contributed by atoms with Gasteiger partial charge in [-0.15, -0.1) is 0 Å². The summed E-state index contributed by atoms with van der Waals surface area (Å²) in [5.74, 6) is 0. The molecule has 3 nitrogen and oxygen atoms in total. The van der Waals surface area contributed by atoms with Crippen LogP contribution in [0.3, 0.4) is 0 Å². The van der Waals surface area contributed by atoms with E-state index in [-0.39, 0.29) is 29.6 Å². The van der Waals surface area contributed by atoms with Crippen LogP contribution in [0.4, 0.5) is 0 Å². The van der Waals surface area contributed by atoms with Crippen LogP contribution in [0.25, 0.3) is 10.8 Å². The van der Waals surface area contributed by atoms with Crippen LogP contribution in [0.1, 0.15) is 0 Å². The Balaban J connectivity index is 0.000000980. The van der Waals surface area contributed by atoms with E-state index in [1.807, 2.05) is 6.07 Å². The Morgan fingerprint density at radius 2 is 2.07 bits per heavy atom. The third kappa shape index (κ3) is 2.21. The van der Waals surface area contributed by atoms with Crippen LogP contribution in [-0.2, 0) is 11.1 Å². The van der Waals surface area contributed by atoms with Crippen LogP contribution in [0.5, 0.6) is 0 Å². The molecule has 0 spiro atoms. The van der Waals surface area contributed by atoms with Crippen LogP contribution in [0, 0.1) is 0 Å². The van der Waals surface area contributed by atoms with Crippen LogP contribution in [-0.4, -0.2) is 43.3 Å². The van der Waals surface area contributed by atoms with Crippen molar-refractivity contribution in [3.8, 4) is 0 Å². The number of hydrogen-bond acceptors (Lipinski definition) is 2. The van der Waals surface area contributed by atoms with E-state index in [2.05, 4.69) is 4.98 Å². The van der Waals surface area contributed by atoms with E-state index in [9.17, 15) is 4.21 Å². The van der Waals surface area contributed by atoms with Gasteiger partial charge >= 0.3 is 29.6 Å². The number of rotatable bonds is 1. The average molecular weight is 217 g/mol. The molecule has 0 radical (unpaired) electrons. The van der Waals surface area contributed by atoms with Gasteiger partial charge in [0.05, 0.1) is 4.90 Å². The van der Waals surface area contributed by atoms with Crippen molar-refractivity contribution in [2.75, 3.05) is 0 Å². The van der Waals surface area contributed by atoms with E-state index >= 15 is 0 Å². The molecule has 2 rings (SSSR count). The molecule has 0 fully saturated rings. The predicted molar refractivity (Wildman–Crippen MR) is 57.9 cm³/mol. The van der Waals surface area contributed by atoms with Gasteiger partial charge in [0.25, 0.3) is 0 Å². The van der Waals surface area contributed by atoms with Crippen molar-refractivity contribution < 1.29 is 8.76 Å². The standard InChI is InChI=1S/C9H7NO2S.Na.H/c11-13(12)9-3-1-2-7-6-10-5-4-8(7)9;;/h1-6H,(H,11,12);;. The van der Waals surface area contributed by atoms with Crippen molar-refractivity contribution in [2.24, 2.45) is 0 Å². The summed E-state index contributed by atoms with van der Waals surface area (Å²) in [7, 11) is 0. The van der Waals surface area contributed by atoms with E-state index in [1.54, 1.807) is 30.6 Å². The zero-order valence-corrected chi connectivity index (χ0v) is 7.49. The Bertz CT molecular complexity index is 470. The summed E-state index contributed by atoms with van der Waals surface area (Å²) in [4.78, 5) is 4.36. The Kier molecular flexibility index (Phi) is 4.22. The van der Waals surface area contributed by atoms with Gasteiger partial charge in [0, 0.05) is 23.2 Å². The van der Waals surface area contributed by atoms with Gasteiger partial charge in [-0.2, -0.15) is 0 Å². The molecule has 0 amide bonds. The van der Waals surface area contributed by atoms with Gasteiger partial charge in [-0.3, -0.25) is 4.98 Å². The maximum atomic E-state index is 10.9. The van der Waals surface area contributed by atoms with E-state index in [0.29, 0.717) is 4.90 Å². The number of benzene rings is 1. The molecule has 0 aliphatic carbocycles. The number of aromatic nitrogens is 1. The number of nitrogens with zero attached hydrogens (tertiary/aromatic N) is 1. The van der Waals surface area contributed by atoms with E-state index in [0.717, 1.165) is 10.8 Å². The molecule has 2 aromatic rings. The van der Waals surface area contributed by atoms with Crippen molar-refractivity contribution in [3.05, 3.63) is 36.7 Å². The van der Waals surface area contributed by atoms with Crippen molar-refractivity contribution >= 4 is 51.4 Å². The van der Waals surface area contributed by atoms with Crippen LogP contribution < -0.4 is 0 Å². The first kappa shape index (κ1) is 11.8. The molecule has 1 unspecified atom stereocenters. The van der Waals surface area contributed by atoms with Crippen molar-refractivity contribution in [1.29, 1.82) is 0 Å². The first-order valence-electron chi connectivity index (χ1n) is 3.72. The molecule has 1 aromatic heterocycles. The fourth-order valence-electron chi connectivity index (χ4n) is 1.25. The molecule has 1 heterocycles. The van der Waals surface area contributed by atoms with Gasteiger partial charge in [0.1, 0.15) is 0 Å². The topological polar surface area (TPSA) is 50.2 Å². The van der Waals surface area contributed by atoms with Gasteiger partial charge < -0.3 is 4.55 Å². The van der Waals surface area contributed by atoms with E-state index in [1.165, 1.54) is 0 Å². The summed E-state index contributed by atoms with van der Waals surface area (Å²) >= 11 is -1.93. The number of hydrogen-bond donors (Lipinski definition) is 1. The maximum absolute atomic E-state index is 10.9. The van der Waals surface area contributed by atoms with E-state index < -0.39 is 11.1 Å². The second-order valence-electron chi connectivity index (χ2n) is 2.60. The molecule has 0 saturated heterocycles. The molecule has 1 atom stereocenters. The summed E-state index contributed by atoms with van der Waals surface area (Å²) < 4.78 is 19.9. The molecule has 0 aliphatic rings.